The zero-order valence-electron chi connectivity index (χ0n) is 14.2. The van der Waals surface area contributed by atoms with Gasteiger partial charge in [0.05, 0.1) is 5.75 Å². The Kier molecular flexibility index (Phi) is 5.92. The molecule has 1 fully saturated rings. The Morgan fingerprint density at radius 3 is 2.56 bits per heavy atom. The van der Waals surface area contributed by atoms with Crippen LogP contribution in [0.1, 0.15) is 0 Å². The standard InChI is InChI=1S/C16H17FN4O4S2/c17-12-3-1-2-4-13(12)27(24,25)21-9-7-20(8-10-21)15(23)11-26-16-18-6-5-14(22)19-16/h1-6H,7-11H2,(H,18,19,22). The van der Waals surface area contributed by atoms with E-state index in [0.29, 0.717) is 5.16 Å². The predicted octanol–water partition coefficient (Wildman–Crippen LogP) is 0.534. The molecule has 11 heteroatoms. The second-order valence-corrected chi connectivity index (χ2v) is 8.61. The lowest BCUT2D eigenvalue weighted by molar-refractivity contribution is -0.129. The van der Waals surface area contributed by atoms with Crippen LogP contribution in [-0.2, 0) is 14.8 Å². The number of nitrogens with one attached hydrogen (secondary N) is 1. The quantitative estimate of drug-likeness (QED) is 0.568. The molecule has 0 aliphatic carbocycles. The summed E-state index contributed by atoms with van der Waals surface area (Å²) in [6.45, 7) is 0.610. The van der Waals surface area contributed by atoms with Gasteiger partial charge in [-0.2, -0.15) is 4.31 Å². The van der Waals surface area contributed by atoms with Gasteiger partial charge in [-0.3, -0.25) is 9.59 Å². The van der Waals surface area contributed by atoms with Gasteiger partial charge in [-0.05, 0) is 12.1 Å². The number of carbonyl (C=O) groups is 1. The lowest BCUT2D eigenvalue weighted by Gasteiger charge is -2.34. The maximum atomic E-state index is 13.8. The number of halogens is 1. The average Bonchev–Trinajstić information content (AvgIpc) is 2.66. The van der Waals surface area contributed by atoms with E-state index in [1.54, 1.807) is 4.90 Å². The van der Waals surface area contributed by atoms with E-state index < -0.39 is 15.8 Å². The number of aromatic amines is 1. The molecule has 144 valence electrons. The number of amides is 1. The molecule has 8 nitrogen and oxygen atoms in total. The zero-order chi connectivity index (χ0) is 19.4. The van der Waals surface area contributed by atoms with Crippen molar-refractivity contribution in [1.29, 1.82) is 0 Å². The van der Waals surface area contributed by atoms with E-state index in [1.807, 2.05) is 0 Å². The van der Waals surface area contributed by atoms with Gasteiger partial charge >= 0.3 is 0 Å². The van der Waals surface area contributed by atoms with Gasteiger partial charge < -0.3 is 9.88 Å². The topological polar surface area (TPSA) is 103 Å². The summed E-state index contributed by atoms with van der Waals surface area (Å²) < 4.78 is 40.1. The molecule has 0 radical (unpaired) electrons. The lowest BCUT2D eigenvalue weighted by Crippen LogP contribution is -2.51. The highest BCUT2D eigenvalue weighted by molar-refractivity contribution is 7.99. The molecule has 1 aromatic heterocycles. The van der Waals surface area contributed by atoms with E-state index in [2.05, 4.69) is 9.97 Å². The van der Waals surface area contributed by atoms with Crippen LogP contribution < -0.4 is 5.56 Å². The Balaban J connectivity index is 1.57. The van der Waals surface area contributed by atoms with E-state index >= 15 is 0 Å². The summed E-state index contributed by atoms with van der Waals surface area (Å²) in [6, 6.07) is 6.51. The van der Waals surface area contributed by atoms with Gasteiger partial charge in [0.15, 0.2) is 5.16 Å². The Bertz CT molecular complexity index is 988. The molecule has 1 saturated heterocycles. The van der Waals surface area contributed by atoms with Gasteiger partial charge in [-0.15, -0.1) is 0 Å². The van der Waals surface area contributed by atoms with Crippen LogP contribution in [0.3, 0.4) is 0 Å². The molecular formula is C16H17FN4O4S2. The second kappa shape index (κ2) is 8.19. The first-order valence-corrected chi connectivity index (χ1v) is 10.5. The fourth-order valence-electron chi connectivity index (χ4n) is 2.62. The number of nitrogens with zero attached hydrogens (tertiary/aromatic N) is 3. The highest BCUT2D eigenvalue weighted by Gasteiger charge is 2.31. The molecule has 2 aromatic rings. The van der Waals surface area contributed by atoms with Crippen LogP contribution in [0.25, 0.3) is 0 Å². The van der Waals surface area contributed by atoms with Crippen molar-refractivity contribution in [3.05, 3.63) is 52.7 Å². The molecule has 1 amide bonds. The normalized spacial score (nSPS) is 15.7. The largest absolute Gasteiger partial charge is 0.339 e. The number of piperazine rings is 1. The fourth-order valence-corrected chi connectivity index (χ4v) is 4.86. The summed E-state index contributed by atoms with van der Waals surface area (Å²) in [5.74, 6) is -0.904. The van der Waals surface area contributed by atoms with E-state index in [9.17, 15) is 22.4 Å². The molecule has 1 N–H and O–H groups in total. The van der Waals surface area contributed by atoms with Crippen LogP contribution in [-0.4, -0.2) is 65.4 Å². The molecule has 2 heterocycles. The summed E-state index contributed by atoms with van der Waals surface area (Å²) in [4.78, 5) is 31.2. The second-order valence-electron chi connectivity index (χ2n) is 5.74. The number of rotatable bonds is 5. The third-order valence-electron chi connectivity index (χ3n) is 4.03. The smallest absolute Gasteiger partial charge is 0.251 e. The van der Waals surface area contributed by atoms with Crippen LogP contribution in [0, 0.1) is 5.82 Å². The average molecular weight is 412 g/mol. The third-order valence-corrected chi connectivity index (χ3v) is 6.83. The van der Waals surface area contributed by atoms with Gasteiger partial charge in [-0.25, -0.2) is 17.8 Å². The van der Waals surface area contributed by atoms with Crippen molar-refractivity contribution in [3.63, 3.8) is 0 Å². The molecule has 0 spiro atoms. The maximum Gasteiger partial charge on any atom is 0.251 e. The van der Waals surface area contributed by atoms with Gasteiger partial charge in [-0.1, -0.05) is 23.9 Å². The fraction of sp³-hybridized carbons (Fsp3) is 0.312. The first-order chi connectivity index (χ1) is 12.9. The molecule has 1 aliphatic rings. The van der Waals surface area contributed by atoms with Crippen LogP contribution in [0.2, 0.25) is 0 Å². The Morgan fingerprint density at radius 2 is 1.89 bits per heavy atom. The van der Waals surface area contributed by atoms with Gasteiger partial charge in [0, 0.05) is 38.4 Å². The maximum absolute atomic E-state index is 13.8. The van der Waals surface area contributed by atoms with Gasteiger partial charge in [0.1, 0.15) is 10.7 Å². The van der Waals surface area contributed by atoms with Crippen molar-refractivity contribution >= 4 is 27.7 Å². The van der Waals surface area contributed by atoms with Crippen LogP contribution >= 0.6 is 11.8 Å². The number of H-pyrrole nitrogens is 1. The van der Waals surface area contributed by atoms with E-state index in [4.69, 9.17) is 0 Å². The van der Waals surface area contributed by atoms with Crippen molar-refractivity contribution in [2.45, 2.75) is 10.1 Å². The van der Waals surface area contributed by atoms with Crippen molar-refractivity contribution in [2.24, 2.45) is 0 Å². The SMILES string of the molecule is O=C(CSc1nccc(=O)[nH]1)N1CCN(S(=O)(=O)c2ccccc2F)CC1. The Morgan fingerprint density at radius 1 is 1.19 bits per heavy atom. The molecule has 0 bridgehead atoms. The molecule has 0 atom stereocenters. The summed E-state index contributed by atoms with van der Waals surface area (Å²) in [5, 5.41) is 0.344. The monoisotopic (exact) mass is 412 g/mol. The third kappa shape index (κ3) is 4.54. The summed E-state index contributed by atoms with van der Waals surface area (Å²) in [5.41, 5.74) is -0.299. The Hall–Kier alpha value is -2.24. The highest BCUT2D eigenvalue weighted by Crippen LogP contribution is 2.21. The number of thioether (sulfide) groups is 1. The number of aromatic nitrogens is 2. The van der Waals surface area contributed by atoms with Crippen LogP contribution in [0.15, 0.2) is 51.4 Å². The number of benzene rings is 1. The van der Waals surface area contributed by atoms with Crippen LogP contribution in [0.4, 0.5) is 4.39 Å². The summed E-state index contributed by atoms with van der Waals surface area (Å²) in [6.07, 6.45) is 1.36. The van der Waals surface area contributed by atoms with E-state index in [-0.39, 0.29) is 48.3 Å². The van der Waals surface area contributed by atoms with Crippen LogP contribution in [0.5, 0.6) is 0 Å². The first-order valence-electron chi connectivity index (χ1n) is 8.08. The summed E-state index contributed by atoms with van der Waals surface area (Å²) in [7, 11) is -3.94. The minimum Gasteiger partial charge on any atom is -0.339 e. The Labute approximate surface area is 159 Å². The highest BCUT2D eigenvalue weighted by atomic mass is 32.2. The van der Waals surface area contributed by atoms with E-state index in [1.165, 1.54) is 34.8 Å². The van der Waals surface area contributed by atoms with Crippen molar-refractivity contribution in [2.75, 3.05) is 31.9 Å². The van der Waals surface area contributed by atoms with Crippen molar-refractivity contribution < 1.29 is 17.6 Å². The van der Waals surface area contributed by atoms with E-state index in [0.717, 1.165) is 17.8 Å². The van der Waals surface area contributed by atoms with Crippen molar-refractivity contribution in [1.82, 2.24) is 19.2 Å². The number of hydrogen-bond donors (Lipinski definition) is 1. The predicted molar refractivity (Wildman–Crippen MR) is 97.3 cm³/mol. The molecule has 1 aromatic carbocycles. The minimum atomic E-state index is -3.94. The lowest BCUT2D eigenvalue weighted by atomic mass is 10.3. The molecular weight excluding hydrogens is 395 g/mol. The van der Waals surface area contributed by atoms with Gasteiger partial charge in [0.2, 0.25) is 15.9 Å². The zero-order valence-corrected chi connectivity index (χ0v) is 15.8. The van der Waals surface area contributed by atoms with Gasteiger partial charge in [0.25, 0.3) is 5.56 Å². The summed E-state index contributed by atoms with van der Waals surface area (Å²) >= 11 is 1.10. The molecule has 3 rings (SSSR count). The minimum absolute atomic E-state index is 0.0764. The first kappa shape index (κ1) is 19.5. The molecule has 0 saturated carbocycles. The number of carbonyl (C=O) groups excluding carboxylic acids is 1. The molecule has 27 heavy (non-hydrogen) atoms. The number of hydrogen-bond acceptors (Lipinski definition) is 6. The molecule has 1 aliphatic heterocycles. The van der Waals surface area contributed by atoms with Crippen molar-refractivity contribution in [3.8, 4) is 0 Å². The number of sulfonamides is 1. The molecule has 0 unspecified atom stereocenters.